The lowest BCUT2D eigenvalue weighted by Crippen LogP contribution is -2.23. The van der Waals surface area contributed by atoms with E-state index in [1.165, 1.54) is 6.92 Å². The molecule has 0 atom stereocenters. The van der Waals surface area contributed by atoms with Crippen LogP contribution in [0.2, 0.25) is 0 Å². The summed E-state index contributed by atoms with van der Waals surface area (Å²) in [5, 5.41) is 6.63. The van der Waals surface area contributed by atoms with Crippen LogP contribution in [0.15, 0.2) is 12.4 Å². The molecular formula is C7H11N3O. The van der Waals surface area contributed by atoms with Crippen LogP contribution in [0.4, 0.5) is 0 Å². The molecule has 1 aromatic heterocycles. The molecule has 1 rings (SSSR count). The Kier molecular flexibility index (Phi) is 2.25. The minimum absolute atomic E-state index is 0.0434. The number of hydrogen-bond donors (Lipinski definition) is 1. The maximum Gasteiger partial charge on any atom is 0.218 e. The molecule has 0 spiro atoms. The predicted octanol–water partition coefficient (Wildman–Crippen LogP) is 0.285. The monoisotopic (exact) mass is 153 g/mol. The van der Waals surface area contributed by atoms with Crippen LogP contribution in [-0.2, 0) is 11.5 Å². The first-order valence-electron chi connectivity index (χ1n) is 3.42. The van der Waals surface area contributed by atoms with Crippen LogP contribution in [0.25, 0.3) is 0 Å². The molecule has 0 aliphatic rings. The highest BCUT2D eigenvalue weighted by Crippen LogP contribution is 1.91. The van der Waals surface area contributed by atoms with Crippen molar-refractivity contribution in [3.05, 3.63) is 18.0 Å². The predicted molar refractivity (Wildman–Crippen MR) is 40.8 cm³/mol. The van der Waals surface area contributed by atoms with Crippen molar-refractivity contribution >= 4 is 5.91 Å². The van der Waals surface area contributed by atoms with Gasteiger partial charge in [0.1, 0.15) is 6.67 Å². The summed E-state index contributed by atoms with van der Waals surface area (Å²) in [6, 6.07) is 0. The zero-order valence-corrected chi connectivity index (χ0v) is 6.66. The summed E-state index contributed by atoms with van der Waals surface area (Å²) in [5.74, 6) is -0.0434. The second-order valence-corrected chi connectivity index (χ2v) is 2.45. The van der Waals surface area contributed by atoms with E-state index >= 15 is 0 Å². The smallest absolute Gasteiger partial charge is 0.218 e. The van der Waals surface area contributed by atoms with E-state index in [0.29, 0.717) is 6.67 Å². The Balaban J connectivity index is 2.45. The molecule has 0 aliphatic heterocycles. The molecule has 4 nitrogen and oxygen atoms in total. The molecule has 1 N–H and O–H groups in total. The molecule has 0 bridgehead atoms. The van der Waals surface area contributed by atoms with Gasteiger partial charge in [0.2, 0.25) is 5.91 Å². The molecule has 0 radical (unpaired) electrons. The molecular weight excluding hydrogens is 142 g/mol. The van der Waals surface area contributed by atoms with Gasteiger partial charge in [-0.15, -0.1) is 0 Å². The van der Waals surface area contributed by atoms with Crippen molar-refractivity contribution in [1.82, 2.24) is 15.1 Å². The zero-order valence-electron chi connectivity index (χ0n) is 6.66. The number of amides is 1. The molecule has 1 amide bonds. The van der Waals surface area contributed by atoms with Gasteiger partial charge >= 0.3 is 0 Å². The van der Waals surface area contributed by atoms with Crippen LogP contribution in [0.5, 0.6) is 0 Å². The standard InChI is InChI=1S/C7H11N3O/c1-6-3-9-10(4-6)5-8-7(2)11/h3-4H,5H2,1-2H3,(H,8,11). The minimum atomic E-state index is -0.0434. The molecule has 11 heavy (non-hydrogen) atoms. The largest absolute Gasteiger partial charge is 0.337 e. The minimum Gasteiger partial charge on any atom is -0.337 e. The van der Waals surface area contributed by atoms with Gasteiger partial charge in [-0.3, -0.25) is 9.48 Å². The maximum atomic E-state index is 10.5. The molecule has 1 aromatic rings. The maximum absolute atomic E-state index is 10.5. The van der Waals surface area contributed by atoms with E-state index in [4.69, 9.17) is 0 Å². The second-order valence-electron chi connectivity index (χ2n) is 2.45. The first kappa shape index (κ1) is 7.78. The van der Waals surface area contributed by atoms with Gasteiger partial charge in [-0.1, -0.05) is 0 Å². The summed E-state index contributed by atoms with van der Waals surface area (Å²) in [6.45, 7) is 3.89. The lowest BCUT2D eigenvalue weighted by Gasteiger charge is -2.00. The molecule has 60 valence electrons. The number of nitrogens with one attached hydrogen (secondary N) is 1. The van der Waals surface area contributed by atoms with E-state index in [0.717, 1.165) is 5.56 Å². The average Bonchev–Trinajstić information content (AvgIpc) is 2.31. The highest BCUT2D eigenvalue weighted by molar-refractivity contribution is 5.72. The highest BCUT2D eigenvalue weighted by atomic mass is 16.1. The Morgan fingerprint density at radius 3 is 3.00 bits per heavy atom. The third-order valence-electron chi connectivity index (χ3n) is 1.25. The van der Waals surface area contributed by atoms with Crippen molar-refractivity contribution in [3.63, 3.8) is 0 Å². The van der Waals surface area contributed by atoms with E-state index in [9.17, 15) is 4.79 Å². The van der Waals surface area contributed by atoms with Crippen molar-refractivity contribution < 1.29 is 4.79 Å². The van der Waals surface area contributed by atoms with Crippen molar-refractivity contribution in [2.24, 2.45) is 0 Å². The first-order chi connectivity index (χ1) is 5.18. The van der Waals surface area contributed by atoms with Crippen LogP contribution in [0.1, 0.15) is 12.5 Å². The fourth-order valence-corrected chi connectivity index (χ4v) is 0.746. The van der Waals surface area contributed by atoms with E-state index < -0.39 is 0 Å². The summed E-state index contributed by atoms with van der Waals surface area (Å²) in [4.78, 5) is 10.5. The van der Waals surface area contributed by atoms with Gasteiger partial charge in [0, 0.05) is 13.1 Å². The van der Waals surface area contributed by atoms with Crippen molar-refractivity contribution in [1.29, 1.82) is 0 Å². The number of aromatic nitrogens is 2. The van der Waals surface area contributed by atoms with Gasteiger partial charge in [0.25, 0.3) is 0 Å². The van der Waals surface area contributed by atoms with E-state index in [-0.39, 0.29) is 5.91 Å². The SMILES string of the molecule is CC(=O)NCn1cc(C)cn1. The van der Waals surface area contributed by atoms with Crippen molar-refractivity contribution in [3.8, 4) is 0 Å². The molecule has 0 saturated heterocycles. The third kappa shape index (κ3) is 2.41. The number of hydrogen-bond acceptors (Lipinski definition) is 2. The molecule has 0 fully saturated rings. The number of rotatable bonds is 2. The lowest BCUT2D eigenvalue weighted by atomic mass is 10.4. The van der Waals surface area contributed by atoms with Crippen LogP contribution in [-0.4, -0.2) is 15.7 Å². The zero-order chi connectivity index (χ0) is 8.27. The Hall–Kier alpha value is -1.32. The fraction of sp³-hybridized carbons (Fsp3) is 0.429. The van der Waals surface area contributed by atoms with Gasteiger partial charge in [-0.05, 0) is 12.5 Å². The Bertz CT molecular complexity index is 254. The van der Waals surface area contributed by atoms with Crippen LogP contribution >= 0.6 is 0 Å². The summed E-state index contributed by atoms with van der Waals surface area (Å²) in [6.07, 6.45) is 3.62. The molecule has 0 saturated carbocycles. The van der Waals surface area contributed by atoms with Gasteiger partial charge in [0.05, 0.1) is 6.20 Å². The van der Waals surface area contributed by atoms with Gasteiger partial charge < -0.3 is 5.32 Å². The van der Waals surface area contributed by atoms with Crippen LogP contribution in [0.3, 0.4) is 0 Å². The number of carbonyl (C=O) groups is 1. The fourth-order valence-electron chi connectivity index (χ4n) is 0.746. The summed E-state index contributed by atoms with van der Waals surface area (Å²) >= 11 is 0. The van der Waals surface area contributed by atoms with Gasteiger partial charge in [0.15, 0.2) is 0 Å². The molecule has 1 heterocycles. The molecule has 0 aromatic carbocycles. The Morgan fingerprint density at radius 1 is 1.82 bits per heavy atom. The van der Waals surface area contributed by atoms with E-state index in [1.54, 1.807) is 10.9 Å². The highest BCUT2D eigenvalue weighted by Gasteiger charge is 1.93. The summed E-state index contributed by atoms with van der Waals surface area (Å²) in [7, 11) is 0. The summed E-state index contributed by atoms with van der Waals surface area (Å²) < 4.78 is 1.68. The topological polar surface area (TPSA) is 46.9 Å². The van der Waals surface area contributed by atoms with E-state index in [2.05, 4.69) is 10.4 Å². The van der Waals surface area contributed by atoms with E-state index in [1.807, 2.05) is 13.1 Å². The lowest BCUT2D eigenvalue weighted by molar-refractivity contribution is -0.119. The Morgan fingerprint density at radius 2 is 2.55 bits per heavy atom. The van der Waals surface area contributed by atoms with Crippen molar-refractivity contribution in [2.75, 3.05) is 0 Å². The molecule has 0 unspecified atom stereocenters. The molecule has 4 heteroatoms. The van der Waals surface area contributed by atoms with Crippen LogP contribution < -0.4 is 5.32 Å². The third-order valence-corrected chi connectivity index (χ3v) is 1.25. The van der Waals surface area contributed by atoms with Crippen molar-refractivity contribution in [2.45, 2.75) is 20.5 Å². The van der Waals surface area contributed by atoms with Crippen LogP contribution in [0, 0.1) is 6.92 Å². The quantitative estimate of drug-likeness (QED) is 0.663. The average molecular weight is 153 g/mol. The molecule has 0 aliphatic carbocycles. The number of aryl methyl sites for hydroxylation is 1. The number of nitrogens with zero attached hydrogens (tertiary/aromatic N) is 2. The van der Waals surface area contributed by atoms with Gasteiger partial charge in [-0.2, -0.15) is 5.10 Å². The number of carbonyl (C=O) groups excluding carboxylic acids is 1. The van der Waals surface area contributed by atoms with Gasteiger partial charge in [-0.25, -0.2) is 0 Å². The normalized spacial score (nSPS) is 9.64. The first-order valence-corrected chi connectivity index (χ1v) is 3.42. The summed E-state index contributed by atoms with van der Waals surface area (Å²) in [5.41, 5.74) is 1.09. The Labute approximate surface area is 65.2 Å². The second kappa shape index (κ2) is 3.18.